The van der Waals surface area contributed by atoms with Gasteiger partial charge in [0, 0.05) is 12.5 Å². The largest absolute Gasteiger partial charge is 0.339 e. The molecule has 1 fully saturated rings. The minimum Gasteiger partial charge on any atom is -0.339 e. The van der Waals surface area contributed by atoms with E-state index in [1.807, 2.05) is 18.8 Å². The molecule has 0 spiro atoms. The lowest BCUT2D eigenvalue weighted by Gasteiger charge is -2.20. The van der Waals surface area contributed by atoms with E-state index in [9.17, 15) is 0 Å². The van der Waals surface area contributed by atoms with Gasteiger partial charge in [-0.3, -0.25) is 0 Å². The molecule has 1 saturated carbocycles. The third-order valence-corrected chi connectivity index (χ3v) is 5.29. The summed E-state index contributed by atoms with van der Waals surface area (Å²) < 4.78 is 5.40. The molecule has 0 radical (unpaired) electrons. The van der Waals surface area contributed by atoms with Crippen LogP contribution >= 0.6 is 11.8 Å². The molecule has 1 heterocycles. The van der Waals surface area contributed by atoms with E-state index in [-0.39, 0.29) is 0 Å². The van der Waals surface area contributed by atoms with E-state index < -0.39 is 0 Å². The van der Waals surface area contributed by atoms with Gasteiger partial charge in [-0.1, -0.05) is 31.8 Å². The van der Waals surface area contributed by atoms with E-state index in [0.29, 0.717) is 12.0 Å². The van der Waals surface area contributed by atoms with Crippen LogP contribution in [0, 0.1) is 11.8 Å². The van der Waals surface area contributed by atoms with Crippen LogP contribution in [0.1, 0.15) is 51.2 Å². The Kier molecular flexibility index (Phi) is 6.36. The number of hydrogen-bond donors (Lipinski definition) is 1. The first kappa shape index (κ1) is 15.8. The van der Waals surface area contributed by atoms with Crippen LogP contribution in [0.15, 0.2) is 4.52 Å². The first-order valence-electron chi connectivity index (χ1n) is 7.75. The summed E-state index contributed by atoms with van der Waals surface area (Å²) in [4.78, 5) is 4.53. The Morgan fingerprint density at radius 3 is 2.75 bits per heavy atom. The molecule has 0 amide bonds. The lowest BCUT2D eigenvalue weighted by Crippen LogP contribution is -2.34. The third kappa shape index (κ3) is 4.77. The zero-order valence-electron chi connectivity index (χ0n) is 12.9. The molecule has 1 aliphatic carbocycles. The van der Waals surface area contributed by atoms with Crippen molar-refractivity contribution in [3.63, 3.8) is 0 Å². The molecule has 0 bridgehead atoms. The van der Waals surface area contributed by atoms with Crippen molar-refractivity contribution < 1.29 is 4.52 Å². The van der Waals surface area contributed by atoms with Gasteiger partial charge in [0.25, 0.3) is 0 Å². The lowest BCUT2D eigenvalue weighted by molar-refractivity contribution is 0.317. The maximum Gasteiger partial charge on any atom is 0.228 e. The van der Waals surface area contributed by atoms with Crippen LogP contribution in [-0.4, -0.2) is 29.0 Å². The van der Waals surface area contributed by atoms with Gasteiger partial charge in [0.1, 0.15) is 0 Å². The molecule has 1 unspecified atom stereocenters. The molecule has 1 N–H and O–H groups in total. The molecular weight excluding hydrogens is 270 g/mol. The lowest BCUT2D eigenvalue weighted by atomic mass is 9.95. The molecule has 1 aromatic rings. The predicted octanol–water partition coefficient (Wildman–Crippen LogP) is 3.28. The quantitative estimate of drug-likeness (QED) is 0.798. The number of hydrogen-bond acceptors (Lipinski definition) is 5. The average Bonchev–Trinajstić information content (AvgIpc) is 3.06. The fourth-order valence-electron chi connectivity index (χ4n) is 2.87. The van der Waals surface area contributed by atoms with Crippen molar-refractivity contribution >= 4 is 11.8 Å². The Morgan fingerprint density at radius 1 is 1.35 bits per heavy atom. The molecule has 0 aromatic carbocycles. The predicted molar refractivity (Wildman–Crippen MR) is 83.8 cm³/mol. The summed E-state index contributed by atoms with van der Waals surface area (Å²) in [5.41, 5.74) is 0. The van der Waals surface area contributed by atoms with Crippen molar-refractivity contribution in [2.24, 2.45) is 11.8 Å². The molecule has 2 rings (SSSR count). The zero-order valence-corrected chi connectivity index (χ0v) is 13.7. The smallest absolute Gasteiger partial charge is 0.228 e. The van der Waals surface area contributed by atoms with Gasteiger partial charge in [-0.2, -0.15) is 16.7 Å². The fourth-order valence-corrected chi connectivity index (χ4v) is 3.76. The zero-order chi connectivity index (χ0) is 14.4. The fraction of sp³-hybridized carbons (Fsp3) is 0.867. The summed E-state index contributed by atoms with van der Waals surface area (Å²) in [6.07, 6.45) is 6.25. The van der Waals surface area contributed by atoms with E-state index in [2.05, 4.69) is 29.3 Å². The summed E-state index contributed by atoms with van der Waals surface area (Å²) in [5.74, 6) is 5.11. The van der Waals surface area contributed by atoms with E-state index in [1.54, 1.807) is 0 Å². The molecule has 4 nitrogen and oxygen atoms in total. The Balaban J connectivity index is 1.81. The molecule has 0 saturated heterocycles. The SMILES string of the molecule is CNC(Cc1nc(CSCC(C)C)no1)C1CCCC1. The van der Waals surface area contributed by atoms with Crippen molar-refractivity contribution in [3.8, 4) is 0 Å². The van der Waals surface area contributed by atoms with E-state index in [0.717, 1.165) is 35.6 Å². The highest BCUT2D eigenvalue weighted by Crippen LogP contribution is 2.29. The van der Waals surface area contributed by atoms with E-state index >= 15 is 0 Å². The molecule has 1 aromatic heterocycles. The molecule has 0 aliphatic heterocycles. The number of aromatic nitrogens is 2. The van der Waals surface area contributed by atoms with Crippen molar-refractivity contribution in [1.29, 1.82) is 0 Å². The van der Waals surface area contributed by atoms with E-state index in [1.165, 1.54) is 25.7 Å². The van der Waals surface area contributed by atoms with Crippen LogP contribution < -0.4 is 5.32 Å². The number of likely N-dealkylation sites (N-methyl/N-ethyl adjacent to an activating group) is 1. The molecular formula is C15H27N3OS. The highest BCUT2D eigenvalue weighted by Gasteiger charge is 2.25. The van der Waals surface area contributed by atoms with Gasteiger partial charge < -0.3 is 9.84 Å². The summed E-state index contributed by atoms with van der Waals surface area (Å²) in [6, 6.07) is 0.481. The summed E-state index contributed by atoms with van der Waals surface area (Å²) in [5, 5.41) is 7.52. The Morgan fingerprint density at radius 2 is 2.10 bits per heavy atom. The standard InChI is InChI=1S/C15H27N3OS/c1-11(2)9-20-10-14-17-15(19-18-14)8-13(16-3)12-6-4-5-7-12/h11-13,16H,4-10H2,1-3H3. The number of nitrogens with one attached hydrogen (secondary N) is 1. The Bertz CT molecular complexity index is 388. The minimum absolute atomic E-state index is 0.481. The molecule has 1 atom stereocenters. The Hall–Kier alpha value is -0.550. The maximum atomic E-state index is 5.40. The molecule has 1 aliphatic rings. The second-order valence-electron chi connectivity index (χ2n) is 6.16. The number of thioether (sulfide) groups is 1. The van der Waals surface area contributed by atoms with Crippen molar-refractivity contribution in [2.75, 3.05) is 12.8 Å². The van der Waals surface area contributed by atoms with Crippen LogP contribution in [0.25, 0.3) is 0 Å². The van der Waals surface area contributed by atoms with Gasteiger partial charge in [0.2, 0.25) is 5.89 Å². The summed E-state index contributed by atoms with van der Waals surface area (Å²) >= 11 is 1.88. The maximum absolute atomic E-state index is 5.40. The monoisotopic (exact) mass is 297 g/mol. The van der Waals surface area contributed by atoms with Crippen LogP contribution in [0.5, 0.6) is 0 Å². The van der Waals surface area contributed by atoms with Gasteiger partial charge in [0.05, 0.1) is 5.75 Å². The van der Waals surface area contributed by atoms with Crippen LogP contribution in [0.4, 0.5) is 0 Å². The molecule has 5 heteroatoms. The summed E-state index contributed by atoms with van der Waals surface area (Å²) in [6.45, 7) is 4.46. The molecule has 114 valence electrons. The van der Waals surface area contributed by atoms with Crippen molar-refractivity contribution in [3.05, 3.63) is 11.7 Å². The second-order valence-corrected chi connectivity index (χ2v) is 7.19. The van der Waals surface area contributed by atoms with Crippen LogP contribution in [0.2, 0.25) is 0 Å². The normalized spacial score (nSPS) is 18.0. The van der Waals surface area contributed by atoms with Gasteiger partial charge in [-0.05, 0) is 37.5 Å². The summed E-state index contributed by atoms with van der Waals surface area (Å²) in [7, 11) is 2.04. The second kappa shape index (κ2) is 8.03. The minimum atomic E-state index is 0.481. The first-order valence-corrected chi connectivity index (χ1v) is 8.91. The highest BCUT2D eigenvalue weighted by atomic mass is 32.2. The van der Waals surface area contributed by atoms with E-state index in [4.69, 9.17) is 4.52 Å². The van der Waals surface area contributed by atoms with Crippen LogP contribution in [-0.2, 0) is 12.2 Å². The van der Waals surface area contributed by atoms with Gasteiger partial charge in [-0.15, -0.1) is 0 Å². The number of nitrogens with zero attached hydrogens (tertiary/aromatic N) is 2. The Labute approximate surface area is 126 Å². The van der Waals surface area contributed by atoms with Crippen molar-refractivity contribution in [1.82, 2.24) is 15.5 Å². The van der Waals surface area contributed by atoms with Crippen LogP contribution in [0.3, 0.4) is 0 Å². The highest BCUT2D eigenvalue weighted by molar-refractivity contribution is 7.98. The number of rotatable bonds is 8. The molecule has 20 heavy (non-hydrogen) atoms. The van der Waals surface area contributed by atoms with Crippen molar-refractivity contribution in [2.45, 2.75) is 57.7 Å². The topological polar surface area (TPSA) is 51.0 Å². The average molecular weight is 297 g/mol. The van der Waals surface area contributed by atoms with Gasteiger partial charge >= 0.3 is 0 Å². The van der Waals surface area contributed by atoms with Gasteiger partial charge in [-0.25, -0.2) is 0 Å². The first-order chi connectivity index (χ1) is 9.69. The van der Waals surface area contributed by atoms with Gasteiger partial charge in [0.15, 0.2) is 5.82 Å². The third-order valence-electron chi connectivity index (χ3n) is 3.93.